The van der Waals surface area contributed by atoms with E-state index >= 15 is 0 Å². The van der Waals surface area contributed by atoms with E-state index in [0.29, 0.717) is 30.5 Å². The number of allylic oxidation sites excluding steroid dienone is 1. The Morgan fingerprint density at radius 2 is 1.94 bits per heavy atom. The van der Waals surface area contributed by atoms with Crippen molar-refractivity contribution in [3.05, 3.63) is 48.2 Å². The molecular formula is C30H35NO5. The average Bonchev–Trinajstić information content (AvgIpc) is 3.13. The van der Waals surface area contributed by atoms with Crippen molar-refractivity contribution in [2.75, 3.05) is 6.61 Å². The minimum Gasteiger partial charge on any atom is -0.483 e. The number of hydrogen-bond donors (Lipinski definition) is 2. The van der Waals surface area contributed by atoms with Crippen molar-refractivity contribution in [1.29, 1.82) is 0 Å². The first-order valence-electron chi connectivity index (χ1n) is 13.3. The quantitative estimate of drug-likeness (QED) is 0.660. The maximum absolute atomic E-state index is 13.6. The maximum atomic E-state index is 13.6. The van der Waals surface area contributed by atoms with Crippen LogP contribution in [0.2, 0.25) is 0 Å². The van der Waals surface area contributed by atoms with Crippen LogP contribution in [0.3, 0.4) is 0 Å². The number of benzene rings is 1. The number of pyridine rings is 1. The number of hydrogen-bond acceptors (Lipinski definition) is 6. The zero-order valence-corrected chi connectivity index (χ0v) is 21.1. The summed E-state index contributed by atoms with van der Waals surface area (Å²) < 4.78 is 5.94. The lowest BCUT2D eigenvalue weighted by molar-refractivity contribution is -0.181. The molecule has 1 heterocycles. The lowest BCUT2D eigenvalue weighted by Crippen LogP contribution is -2.62. The number of ether oxygens (including phenoxy) is 1. The maximum Gasteiger partial charge on any atom is 0.202 e. The predicted molar refractivity (Wildman–Crippen MR) is 135 cm³/mol. The van der Waals surface area contributed by atoms with Crippen LogP contribution in [0, 0.1) is 28.6 Å². The Kier molecular flexibility index (Phi) is 5.44. The van der Waals surface area contributed by atoms with Crippen LogP contribution < -0.4 is 4.74 Å². The van der Waals surface area contributed by atoms with Gasteiger partial charge in [0, 0.05) is 23.4 Å². The summed E-state index contributed by atoms with van der Waals surface area (Å²) in [6.07, 6.45) is 7.47. The number of carbonyl (C=O) groups is 2. The molecule has 1 aromatic carbocycles. The lowest BCUT2D eigenvalue weighted by Gasteiger charge is -2.60. The van der Waals surface area contributed by atoms with Gasteiger partial charge in [0.05, 0.1) is 6.10 Å². The summed E-state index contributed by atoms with van der Waals surface area (Å²) >= 11 is 0. The molecule has 0 aliphatic heterocycles. The van der Waals surface area contributed by atoms with Crippen LogP contribution in [-0.4, -0.2) is 45.1 Å². The molecule has 0 saturated heterocycles. The van der Waals surface area contributed by atoms with Crippen molar-refractivity contribution in [1.82, 2.24) is 4.98 Å². The van der Waals surface area contributed by atoms with Gasteiger partial charge in [-0.2, -0.15) is 0 Å². The minimum atomic E-state index is -1.54. The lowest BCUT2D eigenvalue weighted by atomic mass is 9.45. The fourth-order valence-corrected chi connectivity index (χ4v) is 8.61. The third-order valence-electron chi connectivity index (χ3n) is 10.5. The number of aromatic nitrogens is 1. The van der Waals surface area contributed by atoms with Gasteiger partial charge in [-0.05, 0) is 79.9 Å². The van der Waals surface area contributed by atoms with E-state index in [-0.39, 0.29) is 41.3 Å². The third-order valence-corrected chi connectivity index (χ3v) is 10.5. The molecule has 6 unspecified atom stereocenters. The van der Waals surface area contributed by atoms with Gasteiger partial charge in [-0.25, -0.2) is 0 Å². The summed E-state index contributed by atoms with van der Waals surface area (Å²) in [5.74, 6) is 0.823. The van der Waals surface area contributed by atoms with Gasteiger partial charge in [0.1, 0.15) is 23.5 Å². The molecule has 7 atom stereocenters. The van der Waals surface area contributed by atoms with Gasteiger partial charge < -0.3 is 14.9 Å². The fraction of sp³-hybridized carbons (Fsp3) is 0.567. The van der Waals surface area contributed by atoms with Gasteiger partial charge in [0.15, 0.2) is 5.78 Å². The highest BCUT2D eigenvalue weighted by Crippen LogP contribution is 2.67. The van der Waals surface area contributed by atoms with E-state index in [2.05, 4.69) is 11.9 Å². The first-order valence-corrected chi connectivity index (χ1v) is 13.3. The van der Waals surface area contributed by atoms with Crippen molar-refractivity contribution in [2.45, 2.75) is 70.5 Å². The standard InChI is InChI=1S/C30H35NO5/c1-28-12-10-20(32)15-19(28)8-9-21-22-11-13-30(35,29(22,2)16-23(33)26(21)28)25(34)17-36-24-7-3-5-18-6-4-14-31-27(18)24/h3-7,14-15,21-23,26,33,35H,8-13,16-17H2,1-2H3/t21?,22?,23?,26?,28?,29?,30-/m0/s1. The largest absolute Gasteiger partial charge is 0.483 e. The van der Waals surface area contributed by atoms with Gasteiger partial charge in [-0.3, -0.25) is 14.6 Å². The Labute approximate surface area is 211 Å². The normalized spacial score (nSPS) is 39.7. The molecule has 4 aliphatic rings. The van der Waals surface area contributed by atoms with Crippen molar-refractivity contribution in [3.63, 3.8) is 0 Å². The zero-order valence-electron chi connectivity index (χ0n) is 21.1. The molecule has 1 aromatic heterocycles. The number of aliphatic hydroxyl groups excluding tert-OH is 1. The number of carbonyl (C=O) groups excluding carboxylic acids is 2. The molecule has 2 N–H and O–H groups in total. The van der Waals surface area contributed by atoms with E-state index in [1.54, 1.807) is 12.3 Å². The molecule has 0 radical (unpaired) electrons. The Bertz CT molecular complexity index is 1270. The van der Waals surface area contributed by atoms with E-state index in [4.69, 9.17) is 4.74 Å². The van der Waals surface area contributed by atoms with Gasteiger partial charge in [0.25, 0.3) is 0 Å². The van der Waals surface area contributed by atoms with E-state index < -0.39 is 17.1 Å². The minimum absolute atomic E-state index is 0.0548. The Morgan fingerprint density at radius 1 is 1.14 bits per heavy atom. The molecule has 6 rings (SSSR count). The van der Waals surface area contributed by atoms with Crippen LogP contribution in [0.5, 0.6) is 5.75 Å². The van der Waals surface area contributed by atoms with Crippen molar-refractivity contribution >= 4 is 22.5 Å². The molecule has 0 bridgehead atoms. The van der Waals surface area contributed by atoms with Crippen LogP contribution in [0.1, 0.15) is 58.8 Å². The summed E-state index contributed by atoms with van der Waals surface area (Å²) in [5.41, 5.74) is -0.568. The number of Topliss-reactive ketones (excluding diaryl/α,β-unsaturated/α-hetero) is 1. The van der Waals surface area contributed by atoms with Crippen LogP contribution in [0.4, 0.5) is 0 Å². The number of nitrogens with zero attached hydrogens (tertiary/aromatic N) is 1. The predicted octanol–water partition coefficient (Wildman–Crippen LogP) is 4.42. The SMILES string of the molecule is CC12CCC(=O)C=C1CCC1C2C(O)CC2(C)C1CC[C@]2(O)C(=O)COc1cccc2cccnc12. The molecule has 2 aromatic rings. The molecule has 3 fully saturated rings. The second-order valence-corrected chi connectivity index (χ2v) is 12.0. The number of ketones is 2. The summed E-state index contributed by atoms with van der Waals surface area (Å²) in [5, 5.41) is 24.4. The molecule has 36 heavy (non-hydrogen) atoms. The Morgan fingerprint density at radius 3 is 2.78 bits per heavy atom. The molecule has 4 aliphatic carbocycles. The molecule has 6 heteroatoms. The number of fused-ring (bicyclic) bond motifs is 6. The molecular weight excluding hydrogens is 454 g/mol. The van der Waals surface area contributed by atoms with Crippen molar-refractivity contribution < 1.29 is 24.5 Å². The van der Waals surface area contributed by atoms with Crippen LogP contribution >= 0.6 is 0 Å². The summed E-state index contributed by atoms with van der Waals surface area (Å²) in [7, 11) is 0. The van der Waals surface area contributed by atoms with E-state index in [1.165, 1.54) is 5.57 Å². The summed E-state index contributed by atoms with van der Waals surface area (Å²) in [4.78, 5) is 30.1. The monoisotopic (exact) mass is 489 g/mol. The van der Waals surface area contributed by atoms with Gasteiger partial charge >= 0.3 is 0 Å². The van der Waals surface area contributed by atoms with E-state index in [0.717, 1.165) is 31.1 Å². The van der Waals surface area contributed by atoms with Crippen LogP contribution in [-0.2, 0) is 9.59 Å². The van der Waals surface area contributed by atoms with E-state index in [1.807, 2.05) is 37.3 Å². The molecule has 0 spiro atoms. The molecule has 3 saturated carbocycles. The smallest absolute Gasteiger partial charge is 0.202 e. The first-order chi connectivity index (χ1) is 17.2. The van der Waals surface area contributed by atoms with Gasteiger partial charge in [0.2, 0.25) is 5.78 Å². The fourth-order valence-electron chi connectivity index (χ4n) is 8.61. The molecule has 6 nitrogen and oxygen atoms in total. The number of aliphatic hydroxyl groups is 2. The number of para-hydroxylation sites is 1. The van der Waals surface area contributed by atoms with Crippen LogP contribution in [0.15, 0.2) is 48.2 Å². The molecule has 0 amide bonds. The second kappa shape index (κ2) is 8.22. The Balaban J connectivity index is 1.26. The topological polar surface area (TPSA) is 96.7 Å². The zero-order chi connectivity index (χ0) is 25.3. The Hall–Kier alpha value is -2.57. The third kappa shape index (κ3) is 3.26. The summed E-state index contributed by atoms with van der Waals surface area (Å²) in [6, 6.07) is 9.41. The number of rotatable bonds is 4. The second-order valence-electron chi connectivity index (χ2n) is 12.0. The van der Waals surface area contributed by atoms with Gasteiger partial charge in [-0.1, -0.05) is 37.6 Å². The highest BCUT2D eigenvalue weighted by Gasteiger charge is 2.68. The van der Waals surface area contributed by atoms with Crippen molar-refractivity contribution in [3.8, 4) is 5.75 Å². The van der Waals surface area contributed by atoms with Crippen molar-refractivity contribution in [2.24, 2.45) is 28.6 Å². The highest BCUT2D eigenvalue weighted by molar-refractivity contribution is 5.92. The molecule has 190 valence electrons. The first kappa shape index (κ1) is 23.8. The van der Waals surface area contributed by atoms with Crippen LogP contribution in [0.25, 0.3) is 10.9 Å². The summed E-state index contributed by atoms with van der Waals surface area (Å²) in [6.45, 7) is 3.98. The van der Waals surface area contributed by atoms with E-state index in [9.17, 15) is 19.8 Å². The van der Waals surface area contributed by atoms with Gasteiger partial charge in [-0.15, -0.1) is 0 Å². The average molecular weight is 490 g/mol. The highest BCUT2D eigenvalue weighted by atomic mass is 16.5.